The minimum absolute atomic E-state index is 0. The second-order valence-electron chi connectivity index (χ2n) is 6.55. The Labute approximate surface area is 185 Å². The average molecular weight is 497 g/mol. The van der Waals surface area contributed by atoms with Gasteiger partial charge in [-0.15, -0.1) is 24.0 Å². The molecule has 0 heterocycles. The highest BCUT2D eigenvalue weighted by Crippen LogP contribution is 2.29. The number of guanidine groups is 1. The van der Waals surface area contributed by atoms with Crippen molar-refractivity contribution in [2.45, 2.75) is 39.2 Å². The summed E-state index contributed by atoms with van der Waals surface area (Å²) in [7, 11) is 1.56. The van der Waals surface area contributed by atoms with Gasteiger partial charge in [-0.2, -0.15) is 0 Å². The molecule has 0 aromatic heterocycles. The number of methoxy groups -OCH3 is 1. The fourth-order valence-corrected chi connectivity index (χ4v) is 2.88. The molecule has 0 aliphatic heterocycles. The van der Waals surface area contributed by atoms with Crippen molar-refractivity contribution in [1.29, 1.82) is 0 Å². The number of nitrogens with zero attached hydrogens (tertiary/aromatic N) is 1. The van der Waals surface area contributed by atoms with Gasteiger partial charge in [0, 0.05) is 19.1 Å². The fraction of sp³-hybridized carbons (Fsp3) is 0.409. The van der Waals surface area contributed by atoms with Crippen molar-refractivity contribution in [3.8, 4) is 11.5 Å². The lowest BCUT2D eigenvalue weighted by Gasteiger charge is -2.18. The summed E-state index contributed by atoms with van der Waals surface area (Å²) in [5.41, 5.74) is 2.19. The first-order chi connectivity index (χ1) is 13.1. The lowest BCUT2D eigenvalue weighted by molar-refractivity contribution is 0.370. The van der Waals surface area contributed by atoms with Crippen LogP contribution < -0.4 is 15.4 Å². The molecule has 1 unspecified atom stereocenters. The van der Waals surface area contributed by atoms with E-state index in [1.54, 1.807) is 13.2 Å². The molecule has 0 aliphatic carbocycles. The minimum atomic E-state index is 0. The number of para-hydroxylation sites is 1. The van der Waals surface area contributed by atoms with Crippen molar-refractivity contribution in [2.75, 3.05) is 20.2 Å². The van der Waals surface area contributed by atoms with E-state index in [2.05, 4.69) is 53.7 Å². The number of nitrogens with one attached hydrogen (secondary N) is 2. The topological polar surface area (TPSA) is 65.9 Å². The SMILES string of the molecule is CCNC(=NCCc1cccc(OC)c1O)NC(C)CCc1ccccc1.I. The monoisotopic (exact) mass is 497 g/mol. The molecule has 2 rings (SSSR count). The van der Waals surface area contributed by atoms with Crippen LogP contribution in [0.25, 0.3) is 0 Å². The number of rotatable bonds is 9. The lowest BCUT2D eigenvalue weighted by atomic mass is 10.1. The van der Waals surface area contributed by atoms with Crippen LogP contribution in [0.15, 0.2) is 53.5 Å². The van der Waals surface area contributed by atoms with Crippen molar-refractivity contribution in [2.24, 2.45) is 4.99 Å². The molecule has 0 fully saturated rings. The van der Waals surface area contributed by atoms with Crippen LogP contribution >= 0.6 is 24.0 Å². The molecule has 0 bridgehead atoms. The molecule has 2 aromatic carbocycles. The molecular formula is C22H32IN3O2. The molecule has 5 nitrogen and oxygen atoms in total. The Morgan fingerprint density at radius 3 is 2.54 bits per heavy atom. The van der Waals surface area contributed by atoms with Gasteiger partial charge in [-0.1, -0.05) is 42.5 Å². The van der Waals surface area contributed by atoms with Crippen molar-refractivity contribution in [3.63, 3.8) is 0 Å². The highest BCUT2D eigenvalue weighted by molar-refractivity contribution is 14.0. The molecule has 28 heavy (non-hydrogen) atoms. The second kappa shape index (κ2) is 13.3. The molecule has 0 aliphatic rings. The van der Waals surface area contributed by atoms with E-state index in [1.807, 2.05) is 18.2 Å². The van der Waals surface area contributed by atoms with E-state index in [-0.39, 0.29) is 29.7 Å². The summed E-state index contributed by atoms with van der Waals surface area (Å²) in [6, 6.07) is 16.4. The molecule has 0 spiro atoms. The van der Waals surface area contributed by atoms with Gasteiger partial charge < -0.3 is 20.5 Å². The Morgan fingerprint density at radius 2 is 1.86 bits per heavy atom. The molecule has 1 atom stereocenters. The summed E-state index contributed by atoms with van der Waals surface area (Å²) in [6.07, 6.45) is 2.72. The average Bonchev–Trinajstić information content (AvgIpc) is 2.68. The zero-order valence-corrected chi connectivity index (χ0v) is 19.3. The molecule has 0 amide bonds. The summed E-state index contributed by atoms with van der Waals surface area (Å²) < 4.78 is 5.16. The third-order valence-corrected chi connectivity index (χ3v) is 4.39. The quantitative estimate of drug-likeness (QED) is 0.277. The van der Waals surface area contributed by atoms with E-state index in [4.69, 9.17) is 4.74 Å². The molecule has 0 saturated carbocycles. The van der Waals surface area contributed by atoms with Crippen LogP contribution in [0.2, 0.25) is 0 Å². The van der Waals surface area contributed by atoms with Crippen molar-refractivity contribution >= 4 is 29.9 Å². The number of aromatic hydroxyl groups is 1. The first kappa shape index (κ1) is 24.1. The number of aryl methyl sites for hydroxylation is 1. The summed E-state index contributed by atoms with van der Waals surface area (Å²) in [5.74, 6) is 1.50. The largest absolute Gasteiger partial charge is 0.504 e. The Morgan fingerprint density at radius 1 is 1.11 bits per heavy atom. The van der Waals surface area contributed by atoms with Crippen LogP contribution in [0.5, 0.6) is 11.5 Å². The number of phenolic OH excluding ortho intramolecular Hbond substituents is 1. The predicted molar refractivity (Wildman–Crippen MR) is 127 cm³/mol. The maximum atomic E-state index is 10.2. The van der Waals surface area contributed by atoms with Crippen LogP contribution in [0, 0.1) is 0 Å². The van der Waals surface area contributed by atoms with Crippen LogP contribution in [0.3, 0.4) is 0 Å². The van der Waals surface area contributed by atoms with Gasteiger partial charge in [0.05, 0.1) is 7.11 Å². The van der Waals surface area contributed by atoms with Crippen LogP contribution in [-0.2, 0) is 12.8 Å². The van der Waals surface area contributed by atoms with E-state index < -0.39 is 0 Å². The van der Waals surface area contributed by atoms with Gasteiger partial charge in [0.2, 0.25) is 0 Å². The summed E-state index contributed by atoms with van der Waals surface area (Å²) >= 11 is 0. The summed E-state index contributed by atoms with van der Waals surface area (Å²) in [5, 5.41) is 16.9. The molecular weight excluding hydrogens is 465 g/mol. The first-order valence-electron chi connectivity index (χ1n) is 9.57. The third kappa shape index (κ3) is 7.96. The maximum Gasteiger partial charge on any atom is 0.191 e. The Kier molecular flexibility index (Phi) is 11.4. The summed E-state index contributed by atoms with van der Waals surface area (Å²) in [4.78, 5) is 4.64. The number of benzene rings is 2. The van der Waals surface area contributed by atoms with Crippen LogP contribution in [-0.4, -0.2) is 37.3 Å². The van der Waals surface area contributed by atoms with Crippen molar-refractivity contribution < 1.29 is 9.84 Å². The van der Waals surface area contributed by atoms with E-state index in [1.165, 1.54) is 5.56 Å². The van der Waals surface area contributed by atoms with Crippen LogP contribution in [0.1, 0.15) is 31.4 Å². The molecule has 154 valence electrons. The minimum Gasteiger partial charge on any atom is -0.504 e. The van der Waals surface area contributed by atoms with Gasteiger partial charge in [0.1, 0.15) is 0 Å². The fourth-order valence-electron chi connectivity index (χ4n) is 2.88. The second-order valence-corrected chi connectivity index (χ2v) is 6.55. The highest BCUT2D eigenvalue weighted by atomic mass is 127. The normalized spacial score (nSPS) is 12.0. The summed E-state index contributed by atoms with van der Waals surface area (Å²) in [6.45, 7) is 5.62. The number of phenols is 1. The molecule has 0 radical (unpaired) electrons. The van der Waals surface area contributed by atoms with Crippen molar-refractivity contribution in [3.05, 3.63) is 59.7 Å². The van der Waals surface area contributed by atoms with E-state index in [0.29, 0.717) is 24.8 Å². The molecule has 6 heteroatoms. The van der Waals surface area contributed by atoms with Gasteiger partial charge in [0.15, 0.2) is 17.5 Å². The van der Waals surface area contributed by atoms with Gasteiger partial charge in [-0.05, 0) is 50.3 Å². The van der Waals surface area contributed by atoms with E-state index >= 15 is 0 Å². The van der Waals surface area contributed by atoms with Gasteiger partial charge in [-0.25, -0.2) is 0 Å². The van der Waals surface area contributed by atoms with Crippen LogP contribution in [0.4, 0.5) is 0 Å². The Hall–Kier alpha value is -1.96. The van der Waals surface area contributed by atoms with Crippen molar-refractivity contribution in [1.82, 2.24) is 10.6 Å². The Balaban J connectivity index is 0.00000392. The highest BCUT2D eigenvalue weighted by Gasteiger charge is 2.08. The third-order valence-electron chi connectivity index (χ3n) is 4.39. The lowest BCUT2D eigenvalue weighted by Crippen LogP contribution is -2.42. The number of hydrogen-bond acceptors (Lipinski definition) is 3. The number of ether oxygens (including phenoxy) is 1. The number of hydrogen-bond donors (Lipinski definition) is 3. The first-order valence-corrected chi connectivity index (χ1v) is 9.57. The zero-order valence-electron chi connectivity index (χ0n) is 16.9. The molecule has 3 N–H and O–H groups in total. The number of halogens is 1. The zero-order chi connectivity index (χ0) is 19.5. The molecule has 2 aromatic rings. The standard InChI is InChI=1S/C22H31N3O2.HI/c1-4-23-22(25-17(2)13-14-18-9-6-5-7-10-18)24-16-15-19-11-8-12-20(27-3)21(19)26;/h5-12,17,26H,4,13-16H2,1-3H3,(H2,23,24,25);1H. The number of aliphatic imine (C=N–C) groups is 1. The van der Waals surface area contributed by atoms with E-state index in [0.717, 1.165) is 30.9 Å². The maximum absolute atomic E-state index is 10.2. The predicted octanol–water partition coefficient (Wildman–Crippen LogP) is 4.14. The molecule has 0 saturated heterocycles. The van der Waals surface area contributed by atoms with E-state index in [9.17, 15) is 5.11 Å². The van der Waals surface area contributed by atoms with Gasteiger partial charge in [-0.3, -0.25) is 4.99 Å². The Bertz CT molecular complexity index is 723. The van der Waals surface area contributed by atoms with Gasteiger partial charge in [0.25, 0.3) is 0 Å². The smallest absolute Gasteiger partial charge is 0.191 e. The van der Waals surface area contributed by atoms with Gasteiger partial charge >= 0.3 is 0 Å².